The number of amides is 2. The minimum atomic E-state index is -0.457. The fraction of sp³-hybridized carbons (Fsp3) is 0.412. The first-order valence-corrected chi connectivity index (χ1v) is 7.73. The van der Waals surface area contributed by atoms with Crippen molar-refractivity contribution in [3.8, 4) is 0 Å². The Morgan fingerprint density at radius 1 is 1.14 bits per heavy atom. The Kier molecular flexibility index (Phi) is 6.01. The monoisotopic (exact) mass is 301 g/mol. The maximum Gasteiger partial charge on any atom is 0.248 e. The summed E-state index contributed by atoms with van der Waals surface area (Å²) in [4.78, 5) is 22.7. The normalized spacial score (nSPS) is 14.1. The molecule has 5 heteroatoms. The van der Waals surface area contributed by atoms with Crippen molar-refractivity contribution in [2.45, 2.75) is 32.1 Å². The average Bonchev–Trinajstić information content (AvgIpc) is 2.54. The predicted molar refractivity (Wildman–Crippen MR) is 87.6 cm³/mol. The molecule has 0 bridgehead atoms. The first-order chi connectivity index (χ1) is 10.6. The quantitative estimate of drug-likeness (QED) is 0.675. The predicted octanol–water partition coefficient (Wildman–Crippen LogP) is 2.20. The minimum Gasteiger partial charge on any atom is -0.376 e. The molecule has 4 N–H and O–H groups in total. The summed E-state index contributed by atoms with van der Waals surface area (Å²) in [6, 6.07) is 6.75. The highest BCUT2D eigenvalue weighted by Gasteiger charge is 2.05. The maximum absolute atomic E-state index is 11.8. The Balaban J connectivity index is 1.66. The Labute approximate surface area is 131 Å². The van der Waals surface area contributed by atoms with Gasteiger partial charge in [0.05, 0.1) is 6.54 Å². The molecule has 0 saturated carbocycles. The second-order valence-corrected chi connectivity index (χ2v) is 5.50. The van der Waals surface area contributed by atoms with Crippen molar-refractivity contribution in [1.82, 2.24) is 5.32 Å². The lowest BCUT2D eigenvalue weighted by Gasteiger charge is -2.13. The maximum atomic E-state index is 11.8. The van der Waals surface area contributed by atoms with Crippen LogP contribution in [0, 0.1) is 0 Å². The summed E-state index contributed by atoms with van der Waals surface area (Å²) in [5, 5.41) is 5.93. The van der Waals surface area contributed by atoms with Gasteiger partial charge < -0.3 is 16.4 Å². The first-order valence-electron chi connectivity index (χ1n) is 7.73. The Morgan fingerprint density at radius 2 is 1.91 bits per heavy atom. The summed E-state index contributed by atoms with van der Waals surface area (Å²) in [7, 11) is 0. The van der Waals surface area contributed by atoms with Crippen LogP contribution in [0.1, 0.15) is 42.5 Å². The van der Waals surface area contributed by atoms with Gasteiger partial charge in [-0.3, -0.25) is 9.59 Å². The molecule has 0 saturated heterocycles. The number of hydrogen-bond acceptors (Lipinski definition) is 3. The Hall–Kier alpha value is -2.30. The molecule has 1 aliphatic carbocycles. The van der Waals surface area contributed by atoms with Crippen molar-refractivity contribution in [2.24, 2.45) is 5.73 Å². The summed E-state index contributed by atoms with van der Waals surface area (Å²) >= 11 is 0. The molecule has 1 aliphatic rings. The van der Waals surface area contributed by atoms with Crippen molar-refractivity contribution >= 4 is 17.5 Å². The van der Waals surface area contributed by atoms with Gasteiger partial charge in [0.25, 0.3) is 0 Å². The molecule has 0 heterocycles. The second-order valence-electron chi connectivity index (χ2n) is 5.50. The zero-order valence-corrected chi connectivity index (χ0v) is 12.7. The minimum absolute atomic E-state index is 0.0320. The molecule has 2 amide bonds. The molecule has 0 radical (unpaired) electrons. The van der Waals surface area contributed by atoms with Gasteiger partial charge in [0.15, 0.2) is 0 Å². The molecule has 0 fully saturated rings. The molecule has 1 aromatic rings. The van der Waals surface area contributed by atoms with Crippen molar-refractivity contribution in [2.75, 3.05) is 18.4 Å². The Bertz CT molecular complexity index is 550. The zero-order chi connectivity index (χ0) is 15.8. The molecular weight excluding hydrogens is 278 g/mol. The van der Waals surface area contributed by atoms with Crippen molar-refractivity contribution in [3.05, 3.63) is 41.5 Å². The molecule has 22 heavy (non-hydrogen) atoms. The number of nitrogens with two attached hydrogens (primary N) is 1. The summed E-state index contributed by atoms with van der Waals surface area (Å²) in [5.74, 6) is -0.489. The van der Waals surface area contributed by atoms with Gasteiger partial charge in [0.2, 0.25) is 11.8 Å². The molecule has 118 valence electrons. The van der Waals surface area contributed by atoms with Crippen molar-refractivity contribution in [3.63, 3.8) is 0 Å². The number of carbonyl (C=O) groups is 2. The number of hydrogen-bond donors (Lipinski definition) is 3. The van der Waals surface area contributed by atoms with Gasteiger partial charge >= 0.3 is 0 Å². The van der Waals surface area contributed by atoms with E-state index in [-0.39, 0.29) is 12.5 Å². The van der Waals surface area contributed by atoms with Crippen LogP contribution in [0.25, 0.3) is 0 Å². The number of primary amides is 1. The smallest absolute Gasteiger partial charge is 0.248 e. The number of allylic oxidation sites excluding steroid dienone is 1. The van der Waals surface area contributed by atoms with Crippen LogP contribution in [0.4, 0.5) is 5.69 Å². The third-order valence-corrected chi connectivity index (χ3v) is 3.78. The number of benzene rings is 1. The number of nitrogens with one attached hydrogen (secondary N) is 2. The van der Waals surface area contributed by atoms with Gasteiger partial charge in [0, 0.05) is 17.8 Å². The van der Waals surface area contributed by atoms with E-state index in [2.05, 4.69) is 16.7 Å². The van der Waals surface area contributed by atoms with E-state index in [1.807, 2.05) is 0 Å². The first kappa shape index (κ1) is 16.1. The summed E-state index contributed by atoms with van der Waals surface area (Å²) in [5.41, 5.74) is 7.88. The molecule has 0 aromatic heterocycles. The van der Waals surface area contributed by atoms with E-state index < -0.39 is 5.91 Å². The fourth-order valence-corrected chi connectivity index (χ4v) is 2.49. The van der Waals surface area contributed by atoms with Crippen LogP contribution in [0.5, 0.6) is 0 Å². The second kappa shape index (κ2) is 8.22. The zero-order valence-electron chi connectivity index (χ0n) is 12.7. The molecule has 0 aliphatic heterocycles. The lowest BCUT2D eigenvalue weighted by Crippen LogP contribution is -2.30. The van der Waals surface area contributed by atoms with E-state index >= 15 is 0 Å². The van der Waals surface area contributed by atoms with Gasteiger partial charge in [0.1, 0.15) is 0 Å². The Morgan fingerprint density at radius 3 is 2.55 bits per heavy atom. The van der Waals surface area contributed by atoms with Crippen LogP contribution >= 0.6 is 0 Å². The molecule has 0 unspecified atom stereocenters. The molecule has 1 aromatic carbocycles. The molecular formula is C17H23N3O2. The third-order valence-electron chi connectivity index (χ3n) is 3.78. The van der Waals surface area contributed by atoms with Crippen LogP contribution in [0.3, 0.4) is 0 Å². The highest BCUT2D eigenvalue weighted by atomic mass is 16.2. The number of anilines is 1. The van der Waals surface area contributed by atoms with Crippen LogP contribution in [0.2, 0.25) is 0 Å². The van der Waals surface area contributed by atoms with Gasteiger partial charge in [-0.2, -0.15) is 0 Å². The third kappa shape index (κ3) is 5.24. The number of carbonyl (C=O) groups excluding carboxylic acids is 2. The van der Waals surface area contributed by atoms with Crippen LogP contribution in [-0.4, -0.2) is 24.9 Å². The summed E-state index contributed by atoms with van der Waals surface area (Å²) in [6.07, 6.45) is 8.14. The largest absolute Gasteiger partial charge is 0.376 e. The van der Waals surface area contributed by atoms with E-state index in [1.54, 1.807) is 24.3 Å². The lowest BCUT2D eigenvalue weighted by molar-refractivity contribution is -0.119. The molecule has 0 spiro atoms. The highest BCUT2D eigenvalue weighted by Crippen LogP contribution is 2.19. The molecule has 5 nitrogen and oxygen atoms in total. The average molecular weight is 301 g/mol. The van der Waals surface area contributed by atoms with Crippen LogP contribution < -0.4 is 16.4 Å². The fourth-order valence-electron chi connectivity index (χ4n) is 2.49. The highest BCUT2D eigenvalue weighted by molar-refractivity contribution is 5.93. The van der Waals surface area contributed by atoms with Gasteiger partial charge in [-0.05, 0) is 56.4 Å². The lowest BCUT2D eigenvalue weighted by atomic mass is 9.97. The molecule has 0 atom stereocenters. The number of rotatable bonds is 7. The van der Waals surface area contributed by atoms with Gasteiger partial charge in [-0.1, -0.05) is 11.6 Å². The van der Waals surface area contributed by atoms with E-state index in [9.17, 15) is 9.59 Å². The summed E-state index contributed by atoms with van der Waals surface area (Å²) in [6.45, 7) is 0.905. The van der Waals surface area contributed by atoms with E-state index in [0.717, 1.165) is 12.1 Å². The SMILES string of the molecule is NC(=O)c1ccc(NCC(=O)NCCC2=CCCCC2)cc1. The van der Waals surface area contributed by atoms with Crippen molar-refractivity contribution in [1.29, 1.82) is 0 Å². The van der Waals surface area contributed by atoms with E-state index in [0.29, 0.717) is 12.1 Å². The molecule has 2 rings (SSSR count). The summed E-state index contributed by atoms with van der Waals surface area (Å²) < 4.78 is 0. The van der Waals surface area contributed by atoms with Crippen LogP contribution in [0.15, 0.2) is 35.9 Å². The van der Waals surface area contributed by atoms with Gasteiger partial charge in [-0.25, -0.2) is 0 Å². The van der Waals surface area contributed by atoms with Gasteiger partial charge in [-0.15, -0.1) is 0 Å². The standard InChI is InChI=1S/C17H23N3O2/c18-17(22)14-6-8-15(9-7-14)20-12-16(21)19-11-10-13-4-2-1-3-5-13/h4,6-9,20H,1-3,5,10-12H2,(H2,18,22)(H,19,21). The van der Waals surface area contributed by atoms with Crippen LogP contribution in [-0.2, 0) is 4.79 Å². The van der Waals surface area contributed by atoms with Crippen molar-refractivity contribution < 1.29 is 9.59 Å². The topological polar surface area (TPSA) is 84.2 Å². The van der Waals surface area contributed by atoms with E-state index in [1.165, 1.54) is 31.3 Å². The van der Waals surface area contributed by atoms with E-state index in [4.69, 9.17) is 5.73 Å².